The van der Waals surface area contributed by atoms with Gasteiger partial charge in [-0.15, -0.1) is 0 Å². The van der Waals surface area contributed by atoms with E-state index in [0.29, 0.717) is 10.9 Å². The van der Waals surface area contributed by atoms with E-state index in [1.165, 1.54) is 24.7 Å². The predicted molar refractivity (Wildman–Crippen MR) is 71.8 cm³/mol. The van der Waals surface area contributed by atoms with Crippen LogP contribution in [0.15, 0.2) is 18.2 Å². The van der Waals surface area contributed by atoms with Gasteiger partial charge in [-0.3, -0.25) is 0 Å². The van der Waals surface area contributed by atoms with Crippen LogP contribution in [0.1, 0.15) is 23.2 Å². The monoisotopic (exact) mass is 252 g/mol. The van der Waals surface area contributed by atoms with E-state index in [-0.39, 0.29) is 5.56 Å². The minimum absolute atomic E-state index is 0.225. The molecule has 1 fully saturated rings. The number of carboxylic acids is 1. The second kappa shape index (κ2) is 5.31. The summed E-state index contributed by atoms with van der Waals surface area (Å²) in [5.41, 5.74) is 7.35. The van der Waals surface area contributed by atoms with Crippen molar-refractivity contribution < 1.29 is 9.90 Å². The van der Waals surface area contributed by atoms with Crippen LogP contribution in [0.25, 0.3) is 0 Å². The van der Waals surface area contributed by atoms with Gasteiger partial charge in [-0.05, 0) is 36.8 Å². The van der Waals surface area contributed by atoms with Crippen LogP contribution in [-0.2, 0) is 0 Å². The normalized spacial score (nSPS) is 19.2. The first-order valence-corrected chi connectivity index (χ1v) is 6.70. The van der Waals surface area contributed by atoms with Gasteiger partial charge in [0.25, 0.3) is 0 Å². The molecule has 0 radical (unpaired) electrons. The molecule has 1 saturated heterocycles. The molecule has 1 unspecified atom stereocenters. The van der Waals surface area contributed by atoms with Crippen molar-refractivity contribution in [2.24, 2.45) is 0 Å². The summed E-state index contributed by atoms with van der Waals surface area (Å²) in [6.07, 6.45) is 2.52. The zero-order valence-electron chi connectivity index (χ0n) is 9.48. The second-order valence-electron chi connectivity index (χ2n) is 4.12. The lowest BCUT2D eigenvalue weighted by Gasteiger charge is -2.13. The molecule has 0 amide bonds. The highest BCUT2D eigenvalue weighted by Gasteiger charge is 2.15. The fraction of sp³-hybridized carbons (Fsp3) is 0.417. The van der Waals surface area contributed by atoms with Gasteiger partial charge in [0.1, 0.15) is 0 Å². The van der Waals surface area contributed by atoms with E-state index >= 15 is 0 Å². The van der Waals surface area contributed by atoms with Crippen molar-refractivity contribution in [3.63, 3.8) is 0 Å². The molecule has 1 aliphatic heterocycles. The van der Waals surface area contributed by atoms with Gasteiger partial charge in [-0.1, -0.05) is 0 Å². The molecule has 1 atom stereocenters. The number of aromatic carboxylic acids is 1. The van der Waals surface area contributed by atoms with Gasteiger partial charge in [0, 0.05) is 11.8 Å². The Kier molecular flexibility index (Phi) is 3.78. The number of nitrogens with one attached hydrogen (secondary N) is 1. The lowest BCUT2D eigenvalue weighted by molar-refractivity contribution is 0.0697. The maximum absolute atomic E-state index is 10.8. The average molecular weight is 252 g/mol. The van der Waals surface area contributed by atoms with E-state index in [1.807, 2.05) is 11.8 Å². The first-order chi connectivity index (χ1) is 8.16. The van der Waals surface area contributed by atoms with E-state index in [4.69, 9.17) is 10.8 Å². The Morgan fingerprint density at radius 3 is 3.00 bits per heavy atom. The number of carboxylic acid groups (broad SMARTS) is 1. The summed E-state index contributed by atoms with van der Waals surface area (Å²) >= 11 is 1.98. The molecule has 0 aliphatic carbocycles. The zero-order valence-corrected chi connectivity index (χ0v) is 10.3. The highest BCUT2D eigenvalue weighted by atomic mass is 32.2. The summed E-state index contributed by atoms with van der Waals surface area (Å²) in [5.74, 6) is 0.286. The van der Waals surface area contributed by atoms with Gasteiger partial charge in [-0.2, -0.15) is 11.8 Å². The zero-order chi connectivity index (χ0) is 12.3. The molecule has 17 heavy (non-hydrogen) atoms. The summed E-state index contributed by atoms with van der Waals surface area (Å²) in [7, 11) is 0. The average Bonchev–Trinajstić information content (AvgIpc) is 2.80. The Balaban J connectivity index is 1.98. The van der Waals surface area contributed by atoms with Crippen LogP contribution in [0.3, 0.4) is 0 Å². The molecule has 0 aromatic heterocycles. The Hall–Kier alpha value is -1.36. The summed E-state index contributed by atoms with van der Waals surface area (Å²) in [6.45, 7) is 0.890. The number of nitrogen functional groups attached to an aromatic ring is 1. The molecule has 4 N–H and O–H groups in total. The molecular weight excluding hydrogens is 236 g/mol. The van der Waals surface area contributed by atoms with Gasteiger partial charge in [0.2, 0.25) is 0 Å². The molecule has 1 aliphatic rings. The number of anilines is 2. The highest BCUT2D eigenvalue weighted by molar-refractivity contribution is 8.00. The maximum Gasteiger partial charge on any atom is 0.335 e. The van der Waals surface area contributed by atoms with Crippen molar-refractivity contribution in [1.82, 2.24) is 0 Å². The lowest BCUT2D eigenvalue weighted by atomic mass is 10.1. The molecular formula is C12H16N2O2S. The Morgan fingerprint density at radius 2 is 2.41 bits per heavy atom. The van der Waals surface area contributed by atoms with Gasteiger partial charge >= 0.3 is 5.97 Å². The molecule has 4 nitrogen and oxygen atoms in total. The topological polar surface area (TPSA) is 75.4 Å². The van der Waals surface area contributed by atoms with Gasteiger partial charge in [-0.25, -0.2) is 4.79 Å². The third kappa shape index (κ3) is 3.06. The van der Waals surface area contributed by atoms with E-state index in [2.05, 4.69) is 5.32 Å². The van der Waals surface area contributed by atoms with Crippen LogP contribution in [0.2, 0.25) is 0 Å². The maximum atomic E-state index is 10.8. The largest absolute Gasteiger partial charge is 0.478 e. The molecule has 1 heterocycles. The number of nitrogens with two attached hydrogens (primary N) is 1. The van der Waals surface area contributed by atoms with Crippen LogP contribution in [0, 0.1) is 0 Å². The number of benzene rings is 1. The first-order valence-electron chi connectivity index (χ1n) is 5.65. The third-order valence-electron chi connectivity index (χ3n) is 2.84. The molecule has 1 aromatic carbocycles. The Labute approximate surface area is 105 Å². The minimum atomic E-state index is -0.949. The van der Waals surface area contributed by atoms with E-state index < -0.39 is 5.97 Å². The molecule has 92 valence electrons. The Morgan fingerprint density at radius 1 is 1.59 bits per heavy atom. The summed E-state index contributed by atoms with van der Waals surface area (Å²) in [4.78, 5) is 10.8. The van der Waals surface area contributed by atoms with Gasteiger partial charge < -0.3 is 16.2 Å². The summed E-state index contributed by atoms with van der Waals surface area (Å²) < 4.78 is 0. The number of carbonyl (C=O) groups is 1. The molecule has 0 spiro atoms. The first kappa shape index (κ1) is 12.1. The second-order valence-corrected chi connectivity index (χ2v) is 5.53. The standard InChI is InChI=1S/C12H16N2O2S/c13-10-6-8(12(15)16)3-4-11(10)14-7-9-2-1-5-17-9/h3-4,6,9,14H,1-2,5,7,13H2,(H,15,16). The summed E-state index contributed by atoms with van der Waals surface area (Å²) in [5, 5.41) is 12.8. The van der Waals surface area contributed by atoms with Crippen molar-refractivity contribution in [2.75, 3.05) is 23.3 Å². The smallest absolute Gasteiger partial charge is 0.335 e. The molecule has 5 heteroatoms. The highest BCUT2D eigenvalue weighted by Crippen LogP contribution is 2.27. The van der Waals surface area contributed by atoms with E-state index in [0.717, 1.165) is 12.2 Å². The van der Waals surface area contributed by atoms with Crippen LogP contribution in [0.5, 0.6) is 0 Å². The third-order valence-corrected chi connectivity index (χ3v) is 4.24. The quantitative estimate of drug-likeness (QED) is 0.717. The number of thioether (sulfide) groups is 1. The molecule has 0 saturated carbocycles. The van der Waals surface area contributed by atoms with Crippen LogP contribution in [0.4, 0.5) is 11.4 Å². The van der Waals surface area contributed by atoms with Crippen molar-refractivity contribution in [3.05, 3.63) is 23.8 Å². The van der Waals surface area contributed by atoms with Crippen LogP contribution in [-0.4, -0.2) is 28.6 Å². The van der Waals surface area contributed by atoms with Gasteiger partial charge in [0.05, 0.1) is 16.9 Å². The van der Waals surface area contributed by atoms with Crippen molar-refractivity contribution in [2.45, 2.75) is 18.1 Å². The van der Waals surface area contributed by atoms with E-state index in [9.17, 15) is 4.79 Å². The summed E-state index contributed by atoms with van der Waals surface area (Å²) in [6, 6.07) is 4.80. The van der Waals surface area contributed by atoms with Crippen molar-refractivity contribution >= 4 is 29.1 Å². The fourth-order valence-corrected chi connectivity index (χ4v) is 3.09. The molecule has 2 rings (SSSR count). The Bertz CT molecular complexity index is 417. The van der Waals surface area contributed by atoms with E-state index in [1.54, 1.807) is 12.1 Å². The lowest BCUT2D eigenvalue weighted by Crippen LogP contribution is -2.14. The predicted octanol–water partition coefficient (Wildman–Crippen LogP) is 2.27. The van der Waals surface area contributed by atoms with Crippen LogP contribution >= 0.6 is 11.8 Å². The minimum Gasteiger partial charge on any atom is -0.478 e. The number of hydrogen-bond donors (Lipinski definition) is 3. The SMILES string of the molecule is Nc1cc(C(=O)O)ccc1NCC1CCCS1. The van der Waals surface area contributed by atoms with Crippen molar-refractivity contribution in [1.29, 1.82) is 0 Å². The molecule has 1 aromatic rings. The fourth-order valence-electron chi connectivity index (χ4n) is 1.89. The number of hydrogen-bond acceptors (Lipinski definition) is 4. The molecule has 0 bridgehead atoms. The van der Waals surface area contributed by atoms with Gasteiger partial charge in [0.15, 0.2) is 0 Å². The number of rotatable bonds is 4. The van der Waals surface area contributed by atoms with Crippen molar-refractivity contribution in [3.8, 4) is 0 Å². The van der Waals surface area contributed by atoms with Crippen LogP contribution < -0.4 is 11.1 Å².